The van der Waals surface area contributed by atoms with E-state index < -0.39 is 6.09 Å². The van der Waals surface area contributed by atoms with Crippen molar-refractivity contribution in [2.24, 2.45) is 0 Å². The number of hydrogen-bond acceptors (Lipinski definition) is 3. The Bertz CT molecular complexity index is 739. The first-order chi connectivity index (χ1) is 11.6. The Kier molecular flexibility index (Phi) is 4.77. The van der Waals surface area contributed by atoms with Gasteiger partial charge in [-0.1, -0.05) is 24.3 Å². The minimum atomic E-state index is -1.17. The summed E-state index contributed by atoms with van der Waals surface area (Å²) in [6, 6.07) is 14.2. The molecule has 1 aliphatic rings. The summed E-state index contributed by atoms with van der Waals surface area (Å²) in [5, 5.41) is 13.9. The first kappa shape index (κ1) is 16.0. The largest absolute Gasteiger partial charge is 0.465 e. The van der Waals surface area contributed by atoms with Gasteiger partial charge in [0.05, 0.1) is 11.4 Å². The molecule has 0 saturated carbocycles. The van der Waals surface area contributed by atoms with E-state index in [1.165, 1.54) is 12.0 Å². The topological polar surface area (TPSA) is 81.7 Å². The van der Waals surface area contributed by atoms with E-state index in [-0.39, 0.29) is 5.91 Å². The summed E-state index contributed by atoms with van der Waals surface area (Å²) in [4.78, 5) is 25.5. The number of para-hydroxylation sites is 2. The first-order valence-electron chi connectivity index (χ1n) is 7.83. The number of likely N-dealkylation sites (tertiary alicyclic amines) is 1. The average molecular weight is 325 g/mol. The van der Waals surface area contributed by atoms with Gasteiger partial charge in [0, 0.05) is 12.1 Å². The molecule has 1 aliphatic heterocycles. The molecule has 0 unspecified atom stereocenters. The molecule has 0 radical (unpaired) electrons. The van der Waals surface area contributed by atoms with Crippen LogP contribution in [0.1, 0.15) is 22.3 Å². The van der Waals surface area contributed by atoms with Crippen molar-refractivity contribution in [3.8, 4) is 0 Å². The van der Waals surface area contributed by atoms with Crippen LogP contribution in [0.3, 0.4) is 0 Å². The lowest BCUT2D eigenvalue weighted by molar-refractivity contribution is 0.102. The normalized spacial score (nSPS) is 13.8. The molecule has 124 valence electrons. The minimum Gasteiger partial charge on any atom is -0.465 e. The number of nitrogens with zero attached hydrogens (tertiary/aromatic N) is 1. The Morgan fingerprint density at radius 3 is 2.12 bits per heavy atom. The van der Waals surface area contributed by atoms with Crippen molar-refractivity contribution in [2.45, 2.75) is 13.0 Å². The Hall–Kier alpha value is -2.86. The number of rotatable bonds is 5. The molecular formula is C18H19N3O3. The van der Waals surface area contributed by atoms with Crippen molar-refractivity contribution in [1.29, 1.82) is 0 Å². The third kappa shape index (κ3) is 3.91. The average Bonchev–Trinajstić information content (AvgIpc) is 2.53. The number of benzene rings is 2. The third-order valence-electron chi connectivity index (χ3n) is 3.99. The van der Waals surface area contributed by atoms with E-state index >= 15 is 0 Å². The molecule has 24 heavy (non-hydrogen) atoms. The molecule has 2 amide bonds. The molecule has 2 aromatic carbocycles. The molecule has 3 rings (SSSR count). The van der Waals surface area contributed by atoms with Gasteiger partial charge in [0.25, 0.3) is 5.91 Å². The maximum Gasteiger partial charge on any atom is 0.409 e. The number of amides is 2. The molecule has 0 atom stereocenters. The van der Waals surface area contributed by atoms with Crippen molar-refractivity contribution in [1.82, 2.24) is 4.90 Å². The Morgan fingerprint density at radius 1 is 0.958 bits per heavy atom. The monoisotopic (exact) mass is 325 g/mol. The predicted octanol–water partition coefficient (Wildman–Crippen LogP) is 3.23. The van der Waals surface area contributed by atoms with Crippen LogP contribution in [0, 0.1) is 0 Å². The number of hydrogen-bond donors (Lipinski definition) is 3. The number of carbonyl (C=O) groups excluding carboxylic acids is 1. The summed E-state index contributed by atoms with van der Waals surface area (Å²) >= 11 is 0. The summed E-state index contributed by atoms with van der Waals surface area (Å²) in [6.45, 7) is 3.18. The second-order valence-electron chi connectivity index (χ2n) is 5.76. The van der Waals surface area contributed by atoms with Crippen LogP contribution in [0.5, 0.6) is 0 Å². The molecule has 3 N–H and O–H groups in total. The quantitative estimate of drug-likeness (QED) is 0.788. The highest BCUT2D eigenvalue weighted by atomic mass is 16.4. The van der Waals surface area contributed by atoms with Gasteiger partial charge in [-0.2, -0.15) is 0 Å². The first-order valence-corrected chi connectivity index (χ1v) is 7.83. The van der Waals surface area contributed by atoms with Crippen LogP contribution in [-0.2, 0) is 6.54 Å². The predicted molar refractivity (Wildman–Crippen MR) is 92.4 cm³/mol. The van der Waals surface area contributed by atoms with Crippen LogP contribution in [0.15, 0.2) is 48.5 Å². The zero-order valence-electron chi connectivity index (χ0n) is 13.2. The lowest BCUT2D eigenvalue weighted by Gasteiger charge is -2.30. The van der Waals surface area contributed by atoms with Gasteiger partial charge in [-0.3, -0.25) is 15.0 Å². The molecular weight excluding hydrogens is 306 g/mol. The van der Waals surface area contributed by atoms with Gasteiger partial charge in [0.1, 0.15) is 0 Å². The Labute approximate surface area is 140 Å². The van der Waals surface area contributed by atoms with E-state index in [0.717, 1.165) is 19.6 Å². The summed E-state index contributed by atoms with van der Waals surface area (Å²) in [6.07, 6.45) is 0.0802. The van der Waals surface area contributed by atoms with Crippen molar-refractivity contribution < 1.29 is 14.7 Å². The second-order valence-corrected chi connectivity index (χ2v) is 5.76. The van der Waals surface area contributed by atoms with Crippen molar-refractivity contribution >= 4 is 23.4 Å². The second kappa shape index (κ2) is 7.14. The number of nitrogens with one attached hydrogen (secondary N) is 2. The van der Waals surface area contributed by atoms with Crippen LogP contribution >= 0.6 is 0 Å². The summed E-state index contributed by atoms with van der Waals surface area (Å²) in [5.41, 5.74) is 2.48. The van der Waals surface area contributed by atoms with Gasteiger partial charge in [0.2, 0.25) is 0 Å². The number of anilines is 2. The van der Waals surface area contributed by atoms with Gasteiger partial charge >= 0.3 is 6.09 Å². The van der Waals surface area contributed by atoms with Crippen molar-refractivity contribution in [3.05, 3.63) is 59.7 Å². The maximum absolute atomic E-state index is 12.4. The zero-order valence-corrected chi connectivity index (χ0v) is 13.2. The molecule has 6 nitrogen and oxygen atoms in total. The Balaban J connectivity index is 1.67. The van der Waals surface area contributed by atoms with Crippen LogP contribution < -0.4 is 10.6 Å². The minimum absolute atomic E-state index is 0.273. The van der Waals surface area contributed by atoms with E-state index in [2.05, 4.69) is 15.5 Å². The van der Waals surface area contributed by atoms with E-state index in [1.807, 2.05) is 12.1 Å². The molecule has 0 spiro atoms. The van der Waals surface area contributed by atoms with E-state index in [1.54, 1.807) is 36.4 Å². The fourth-order valence-corrected chi connectivity index (χ4v) is 2.57. The van der Waals surface area contributed by atoms with Crippen LogP contribution in [0.25, 0.3) is 0 Å². The fourth-order valence-electron chi connectivity index (χ4n) is 2.57. The molecule has 1 fully saturated rings. The molecule has 6 heteroatoms. The SMILES string of the molecule is O=C(O)Nc1ccccc1NC(=O)c1ccc(CN2CCC2)cc1. The molecule has 1 saturated heterocycles. The zero-order chi connectivity index (χ0) is 16.9. The van der Waals surface area contributed by atoms with E-state index in [0.29, 0.717) is 16.9 Å². The van der Waals surface area contributed by atoms with Crippen molar-refractivity contribution in [3.63, 3.8) is 0 Å². The van der Waals surface area contributed by atoms with Crippen LogP contribution in [0.2, 0.25) is 0 Å². The highest BCUT2D eigenvalue weighted by Gasteiger charge is 2.14. The molecule has 0 bridgehead atoms. The number of carbonyl (C=O) groups is 2. The smallest absolute Gasteiger partial charge is 0.409 e. The van der Waals surface area contributed by atoms with E-state index in [4.69, 9.17) is 5.11 Å². The van der Waals surface area contributed by atoms with Gasteiger partial charge < -0.3 is 10.4 Å². The summed E-state index contributed by atoms with van der Waals surface area (Å²) in [5.74, 6) is -0.273. The molecule has 0 aromatic heterocycles. The standard InChI is InChI=1S/C18H19N3O3/c22-17(19-15-4-1-2-5-16(15)20-18(23)24)14-8-6-13(7-9-14)12-21-10-3-11-21/h1-2,4-9,20H,3,10-12H2,(H,19,22)(H,23,24). The van der Waals surface area contributed by atoms with E-state index in [9.17, 15) is 9.59 Å². The van der Waals surface area contributed by atoms with Gasteiger partial charge in [-0.05, 0) is 49.3 Å². The van der Waals surface area contributed by atoms with Gasteiger partial charge in [-0.25, -0.2) is 4.79 Å². The fraction of sp³-hybridized carbons (Fsp3) is 0.222. The summed E-state index contributed by atoms with van der Waals surface area (Å²) in [7, 11) is 0. The number of carboxylic acid groups (broad SMARTS) is 1. The highest BCUT2D eigenvalue weighted by molar-refractivity contribution is 6.06. The summed E-state index contributed by atoms with van der Waals surface area (Å²) < 4.78 is 0. The highest BCUT2D eigenvalue weighted by Crippen LogP contribution is 2.22. The van der Waals surface area contributed by atoms with Crippen LogP contribution in [-0.4, -0.2) is 35.1 Å². The lowest BCUT2D eigenvalue weighted by Crippen LogP contribution is -2.36. The Morgan fingerprint density at radius 2 is 1.58 bits per heavy atom. The van der Waals surface area contributed by atoms with Gasteiger partial charge in [-0.15, -0.1) is 0 Å². The third-order valence-corrected chi connectivity index (χ3v) is 3.99. The molecule has 1 heterocycles. The molecule has 0 aliphatic carbocycles. The van der Waals surface area contributed by atoms with Crippen molar-refractivity contribution in [2.75, 3.05) is 23.7 Å². The van der Waals surface area contributed by atoms with Crippen LogP contribution in [0.4, 0.5) is 16.2 Å². The maximum atomic E-state index is 12.4. The molecule has 2 aromatic rings. The van der Waals surface area contributed by atoms with Gasteiger partial charge in [0.15, 0.2) is 0 Å². The lowest BCUT2D eigenvalue weighted by atomic mass is 10.1.